The molecule has 1 saturated carbocycles. The Morgan fingerprint density at radius 1 is 1.50 bits per heavy atom. The van der Waals surface area contributed by atoms with Crippen LogP contribution in [0.15, 0.2) is 12.3 Å². The van der Waals surface area contributed by atoms with Crippen LogP contribution in [0.2, 0.25) is 0 Å². The van der Waals surface area contributed by atoms with Crippen molar-refractivity contribution in [3.8, 4) is 0 Å². The van der Waals surface area contributed by atoms with Gasteiger partial charge in [-0.1, -0.05) is 0 Å². The van der Waals surface area contributed by atoms with Gasteiger partial charge >= 0.3 is 0 Å². The maximum Gasteiger partial charge on any atom is 0.268 e. The van der Waals surface area contributed by atoms with Gasteiger partial charge < -0.3 is 25.5 Å². The third kappa shape index (κ3) is 2.81. The second-order valence-corrected chi connectivity index (χ2v) is 5.82. The van der Waals surface area contributed by atoms with E-state index in [2.05, 4.69) is 5.32 Å². The molecule has 1 amide bonds. The van der Waals surface area contributed by atoms with Crippen LogP contribution in [0.5, 0.6) is 0 Å². The number of aliphatic hydroxyl groups is 1. The highest BCUT2D eigenvalue weighted by Crippen LogP contribution is 2.37. The lowest BCUT2D eigenvalue weighted by atomic mass is 9.94. The summed E-state index contributed by atoms with van der Waals surface area (Å²) in [6.45, 7) is 1.33. The van der Waals surface area contributed by atoms with E-state index < -0.39 is 5.60 Å². The molecule has 3 rings (SSSR count). The highest BCUT2D eigenvalue weighted by atomic mass is 16.5. The van der Waals surface area contributed by atoms with E-state index in [1.165, 1.54) is 0 Å². The predicted molar refractivity (Wildman–Crippen MR) is 74.5 cm³/mol. The Morgan fingerprint density at radius 3 is 2.85 bits per heavy atom. The number of anilines is 1. The summed E-state index contributed by atoms with van der Waals surface area (Å²) < 4.78 is 7.17. The van der Waals surface area contributed by atoms with Gasteiger partial charge in [0.2, 0.25) is 0 Å². The van der Waals surface area contributed by atoms with Crippen molar-refractivity contribution in [3.05, 3.63) is 18.0 Å². The lowest BCUT2D eigenvalue weighted by Gasteiger charge is -2.32. The maximum absolute atomic E-state index is 12.3. The summed E-state index contributed by atoms with van der Waals surface area (Å²) >= 11 is 0. The molecule has 0 radical (unpaired) electrons. The van der Waals surface area contributed by atoms with E-state index in [9.17, 15) is 9.90 Å². The Labute approximate surface area is 117 Å². The number of nitrogens with two attached hydrogens (primary N) is 1. The molecule has 20 heavy (non-hydrogen) atoms. The van der Waals surface area contributed by atoms with E-state index in [0.717, 1.165) is 12.8 Å². The van der Waals surface area contributed by atoms with Crippen molar-refractivity contribution in [2.24, 2.45) is 0 Å². The van der Waals surface area contributed by atoms with E-state index in [-0.39, 0.29) is 12.5 Å². The molecule has 0 spiro atoms. The van der Waals surface area contributed by atoms with Crippen LogP contribution in [-0.4, -0.2) is 40.9 Å². The number of aromatic nitrogens is 1. The molecule has 4 N–H and O–H groups in total. The maximum atomic E-state index is 12.3. The highest BCUT2D eigenvalue weighted by molar-refractivity contribution is 5.94. The van der Waals surface area contributed by atoms with Crippen LogP contribution < -0.4 is 11.1 Å². The fraction of sp³-hybridized carbons (Fsp3) is 0.643. The third-order valence-corrected chi connectivity index (χ3v) is 4.04. The monoisotopic (exact) mass is 279 g/mol. The average molecular weight is 279 g/mol. The molecule has 0 aromatic carbocycles. The molecule has 1 aromatic rings. The number of amides is 1. The van der Waals surface area contributed by atoms with E-state index in [4.69, 9.17) is 10.5 Å². The van der Waals surface area contributed by atoms with Gasteiger partial charge in [-0.3, -0.25) is 4.79 Å². The normalized spacial score (nSPS) is 21.6. The standard InChI is InChI=1S/C14H21N3O3/c15-10-7-12(17(8-10)11-1-2-11)13(18)16-9-14(19)3-5-20-6-4-14/h7-8,11,19H,1-6,9,15H2,(H,16,18). The van der Waals surface area contributed by atoms with E-state index in [1.807, 2.05) is 10.8 Å². The molecule has 6 heteroatoms. The van der Waals surface area contributed by atoms with Crippen LogP contribution in [-0.2, 0) is 4.74 Å². The number of nitrogens with one attached hydrogen (secondary N) is 1. The fourth-order valence-corrected chi connectivity index (χ4v) is 2.60. The van der Waals surface area contributed by atoms with Crippen LogP contribution in [0.1, 0.15) is 42.2 Å². The molecule has 2 heterocycles. The molecule has 1 aromatic heterocycles. The SMILES string of the molecule is Nc1cc(C(=O)NCC2(O)CCOCC2)n(C2CC2)c1. The quantitative estimate of drug-likeness (QED) is 0.756. The van der Waals surface area contributed by atoms with Gasteiger partial charge in [-0.05, 0) is 18.9 Å². The average Bonchev–Trinajstić information content (AvgIpc) is 3.20. The van der Waals surface area contributed by atoms with Crippen LogP contribution in [0.25, 0.3) is 0 Å². The first-order valence-electron chi connectivity index (χ1n) is 7.13. The molecular formula is C14H21N3O3. The van der Waals surface area contributed by atoms with Gasteiger partial charge in [0.1, 0.15) is 5.69 Å². The number of hydrogen-bond acceptors (Lipinski definition) is 4. The largest absolute Gasteiger partial charge is 0.397 e. The first-order valence-corrected chi connectivity index (χ1v) is 7.13. The summed E-state index contributed by atoms with van der Waals surface area (Å²) in [5.41, 5.74) is 6.12. The molecule has 0 bridgehead atoms. The molecular weight excluding hydrogens is 258 g/mol. The summed E-state index contributed by atoms with van der Waals surface area (Å²) in [6, 6.07) is 2.10. The number of nitrogens with zero attached hydrogens (tertiary/aromatic N) is 1. The van der Waals surface area contributed by atoms with Crippen LogP contribution in [0, 0.1) is 0 Å². The zero-order valence-electron chi connectivity index (χ0n) is 11.5. The minimum Gasteiger partial charge on any atom is -0.397 e. The van der Waals surface area contributed by atoms with Gasteiger partial charge in [0, 0.05) is 44.8 Å². The molecule has 1 aliphatic heterocycles. The van der Waals surface area contributed by atoms with Crippen LogP contribution >= 0.6 is 0 Å². The van der Waals surface area contributed by atoms with Crippen molar-refractivity contribution < 1.29 is 14.6 Å². The number of carbonyl (C=O) groups excluding carboxylic acids is 1. The number of hydrogen-bond donors (Lipinski definition) is 3. The van der Waals surface area contributed by atoms with Crippen molar-refractivity contribution in [1.82, 2.24) is 9.88 Å². The number of rotatable bonds is 4. The van der Waals surface area contributed by atoms with Crippen molar-refractivity contribution in [2.75, 3.05) is 25.5 Å². The highest BCUT2D eigenvalue weighted by Gasteiger charge is 2.32. The van der Waals surface area contributed by atoms with Gasteiger partial charge in [-0.2, -0.15) is 0 Å². The van der Waals surface area contributed by atoms with Crippen molar-refractivity contribution >= 4 is 11.6 Å². The Morgan fingerprint density at radius 2 is 2.20 bits per heavy atom. The van der Waals surface area contributed by atoms with Crippen molar-refractivity contribution in [1.29, 1.82) is 0 Å². The Kier molecular flexibility index (Phi) is 3.43. The predicted octanol–water partition coefficient (Wildman–Crippen LogP) is 0.676. The fourth-order valence-electron chi connectivity index (χ4n) is 2.60. The summed E-state index contributed by atoms with van der Waals surface area (Å²) in [5.74, 6) is -0.173. The molecule has 110 valence electrons. The van der Waals surface area contributed by atoms with Gasteiger partial charge in [-0.25, -0.2) is 0 Å². The van der Waals surface area contributed by atoms with Gasteiger partial charge in [0.25, 0.3) is 5.91 Å². The van der Waals surface area contributed by atoms with Gasteiger partial charge in [0.05, 0.1) is 11.3 Å². The Hall–Kier alpha value is -1.53. The van der Waals surface area contributed by atoms with Crippen LogP contribution in [0.4, 0.5) is 5.69 Å². The number of nitrogen functional groups attached to an aromatic ring is 1. The molecule has 6 nitrogen and oxygen atoms in total. The van der Waals surface area contributed by atoms with E-state index >= 15 is 0 Å². The second-order valence-electron chi connectivity index (χ2n) is 5.82. The number of ether oxygens (including phenoxy) is 1. The zero-order valence-corrected chi connectivity index (χ0v) is 11.5. The molecule has 2 aliphatic rings. The third-order valence-electron chi connectivity index (χ3n) is 4.04. The summed E-state index contributed by atoms with van der Waals surface area (Å²) in [5, 5.41) is 13.2. The zero-order chi connectivity index (χ0) is 14.2. The second kappa shape index (κ2) is 5.10. The van der Waals surface area contributed by atoms with Crippen molar-refractivity contribution in [2.45, 2.75) is 37.3 Å². The summed E-state index contributed by atoms with van der Waals surface area (Å²) in [4.78, 5) is 12.3. The first kappa shape index (κ1) is 13.5. The lowest BCUT2D eigenvalue weighted by Crippen LogP contribution is -2.46. The molecule has 2 fully saturated rings. The molecule has 1 saturated heterocycles. The Bertz CT molecular complexity index is 502. The topological polar surface area (TPSA) is 89.5 Å². The van der Waals surface area contributed by atoms with Gasteiger partial charge in [0.15, 0.2) is 0 Å². The van der Waals surface area contributed by atoms with Crippen molar-refractivity contribution in [3.63, 3.8) is 0 Å². The van der Waals surface area contributed by atoms with E-state index in [0.29, 0.717) is 43.5 Å². The Balaban J connectivity index is 1.64. The summed E-state index contributed by atoms with van der Waals surface area (Å²) in [7, 11) is 0. The number of carbonyl (C=O) groups is 1. The smallest absolute Gasteiger partial charge is 0.268 e. The minimum atomic E-state index is -0.851. The lowest BCUT2D eigenvalue weighted by molar-refractivity contribution is -0.0605. The summed E-state index contributed by atoms with van der Waals surface area (Å²) in [6.07, 6.45) is 5.11. The molecule has 1 aliphatic carbocycles. The first-order chi connectivity index (χ1) is 9.57. The molecule has 0 atom stereocenters. The van der Waals surface area contributed by atoms with Gasteiger partial charge in [-0.15, -0.1) is 0 Å². The van der Waals surface area contributed by atoms with Crippen LogP contribution in [0.3, 0.4) is 0 Å². The minimum absolute atomic E-state index is 0.173. The molecule has 0 unspecified atom stereocenters. The van der Waals surface area contributed by atoms with E-state index in [1.54, 1.807) is 6.07 Å².